The molecule has 1 aromatic heterocycles. The zero-order valence-corrected chi connectivity index (χ0v) is 6.19. The maximum absolute atomic E-state index is 10.2. The highest BCUT2D eigenvalue weighted by atomic mass is 16.4. The van der Waals surface area contributed by atoms with Gasteiger partial charge in [-0.05, 0) is 0 Å². The Morgan fingerprint density at radius 3 is 2.67 bits per heavy atom. The maximum Gasteiger partial charge on any atom is 0.309 e. The number of nitrogen functional groups attached to an aromatic ring is 2. The molecule has 0 unspecified atom stereocenters. The molecule has 0 saturated carbocycles. The predicted octanol–water partition coefficient (Wildman–Crippen LogP) is -0.732. The second kappa shape index (κ2) is 3.04. The average Bonchev–Trinajstić information content (AvgIpc) is 1.81. The molecule has 0 aliphatic rings. The molecule has 5 N–H and O–H groups in total. The Kier molecular flexibility index (Phi) is 2.09. The number of nitrogens with two attached hydrogens (primary N) is 2. The van der Waals surface area contributed by atoms with E-state index in [1.54, 1.807) is 0 Å². The minimum Gasteiger partial charge on any atom is -0.481 e. The number of anilines is 2. The molecule has 0 aromatic carbocycles. The van der Waals surface area contributed by atoms with Gasteiger partial charge in [0.1, 0.15) is 5.82 Å². The summed E-state index contributed by atoms with van der Waals surface area (Å²) in [4.78, 5) is 17.5. The van der Waals surface area contributed by atoms with Crippen LogP contribution in [0.2, 0.25) is 0 Å². The molecule has 0 spiro atoms. The molecule has 0 atom stereocenters. The third-order valence-electron chi connectivity index (χ3n) is 1.15. The van der Waals surface area contributed by atoms with Crippen molar-refractivity contribution in [3.63, 3.8) is 0 Å². The molecule has 6 nitrogen and oxygen atoms in total. The van der Waals surface area contributed by atoms with Crippen LogP contribution in [-0.4, -0.2) is 21.0 Å². The summed E-state index contributed by atoms with van der Waals surface area (Å²) in [6, 6.07) is 1.38. The van der Waals surface area contributed by atoms with Gasteiger partial charge in [-0.25, -0.2) is 4.98 Å². The number of nitrogens with zero attached hydrogens (tertiary/aromatic N) is 2. The van der Waals surface area contributed by atoms with Crippen molar-refractivity contribution >= 4 is 17.7 Å². The Labute approximate surface area is 68.2 Å². The van der Waals surface area contributed by atoms with Crippen molar-refractivity contribution in [3.8, 4) is 0 Å². The van der Waals surface area contributed by atoms with Gasteiger partial charge in [-0.2, -0.15) is 4.98 Å². The molecule has 1 heterocycles. The summed E-state index contributed by atoms with van der Waals surface area (Å²) in [5.41, 5.74) is 10.9. The van der Waals surface area contributed by atoms with Gasteiger partial charge in [-0.3, -0.25) is 4.79 Å². The van der Waals surface area contributed by atoms with E-state index in [0.29, 0.717) is 5.69 Å². The number of aromatic nitrogens is 2. The topological polar surface area (TPSA) is 115 Å². The molecule has 0 amide bonds. The molecule has 12 heavy (non-hydrogen) atoms. The minimum absolute atomic E-state index is 0.00810. The highest BCUT2D eigenvalue weighted by Crippen LogP contribution is 2.04. The molecule has 64 valence electrons. The summed E-state index contributed by atoms with van der Waals surface area (Å²) in [6.07, 6.45) is -0.198. The first-order valence-corrected chi connectivity index (χ1v) is 3.18. The summed E-state index contributed by atoms with van der Waals surface area (Å²) in [7, 11) is 0. The number of rotatable bonds is 2. The molecular weight excluding hydrogens is 160 g/mol. The van der Waals surface area contributed by atoms with E-state index in [4.69, 9.17) is 16.6 Å². The van der Waals surface area contributed by atoms with Gasteiger partial charge in [0.05, 0.1) is 12.1 Å². The summed E-state index contributed by atoms with van der Waals surface area (Å²) in [6.45, 7) is 0. The number of carbonyl (C=O) groups is 1. The highest BCUT2D eigenvalue weighted by molar-refractivity contribution is 5.69. The SMILES string of the molecule is Nc1cc(CC(=O)O)nc(N)n1. The normalized spacial score (nSPS) is 9.67. The van der Waals surface area contributed by atoms with Crippen molar-refractivity contribution in [2.24, 2.45) is 0 Å². The summed E-state index contributed by atoms with van der Waals surface area (Å²) in [5, 5.41) is 8.41. The van der Waals surface area contributed by atoms with Crippen LogP contribution in [0.5, 0.6) is 0 Å². The van der Waals surface area contributed by atoms with Crippen LogP contribution >= 0.6 is 0 Å². The van der Waals surface area contributed by atoms with E-state index in [0.717, 1.165) is 0 Å². The van der Waals surface area contributed by atoms with E-state index in [-0.39, 0.29) is 18.2 Å². The van der Waals surface area contributed by atoms with Crippen LogP contribution < -0.4 is 11.5 Å². The zero-order chi connectivity index (χ0) is 9.14. The Bertz CT molecular complexity index is 292. The monoisotopic (exact) mass is 168 g/mol. The fraction of sp³-hybridized carbons (Fsp3) is 0.167. The third-order valence-corrected chi connectivity index (χ3v) is 1.15. The first kappa shape index (κ1) is 8.25. The first-order valence-electron chi connectivity index (χ1n) is 3.18. The smallest absolute Gasteiger partial charge is 0.309 e. The molecule has 6 heteroatoms. The van der Waals surface area contributed by atoms with Crippen molar-refractivity contribution in [2.75, 3.05) is 11.5 Å². The fourth-order valence-electron chi connectivity index (χ4n) is 0.785. The highest BCUT2D eigenvalue weighted by Gasteiger charge is 2.03. The Hall–Kier alpha value is -1.85. The van der Waals surface area contributed by atoms with E-state index in [1.165, 1.54) is 6.07 Å². The van der Waals surface area contributed by atoms with Gasteiger partial charge in [0, 0.05) is 6.07 Å². The molecular formula is C6H8N4O2. The maximum atomic E-state index is 10.2. The number of hydrogen-bond donors (Lipinski definition) is 3. The molecule has 1 aromatic rings. The lowest BCUT2D eigenvalue weighted by molar-refractivity contribution is -0.136. The van der Waals surface area contributed by atoms with Crippen molar-refractivity contribution in [3.05, 3.63) is 11.8 Å². The van der Waals surface area contributed by atoms with E-state index in [1.807, 2.05) is 0 Å². The fourth-order valence-corrected chi connectivity index (χ4v) is 0.785. The van der Waals surface area contributed by atoms with Gasteiger partial charge in [0.2, 0.25) is 5.95 Å². The van der Waals surface area contributed by atoms with Gasteiger partial charge in [-0.15, -0.1) is 0 Å². The summed E-state index contributed by atoms with van der Waals surface area (Å²) >= 11 is 0. The Balaban J connectivity index is 2.93. The van der Waals surface area contributed by atoms with E-state index >= 15 is 0 Å². The largest absolute Gasteiger partial charge is 0.481 e. The quantitative estimate of drug-likeness (QED) is 0.536. The van der Waals surface area contributed by atoms with Crippen molar-refractivity contribution in [1.82, 2.24) is 9.97 Å². The lowest BCUT2D eigenvalue weighted by Gasteiger charge is -1.98. The zero-order valence-electron chi connectivity index (χ0n) is 6.19. The molecule has 0 fully saturated rings. The van der Waals surface area contributed by atoms with Gasteiger partial charge < -0.3 is 16.6 Å². The van der Waals surface area contributed by atoms with E-state index < -0.39 is 5.97 Å². The Morgan fingerprint density at radius 2 is 2.17 bits per heavy atom. The van der Waals surface area contributed by atoms with Crippen LogP contribution in [0, 0.1) is 0 Å². The lowest BCUT2D eigenvalue weighted by atomic mass is 10.3. The Morgan fingerprint density at radius 1 is 1.50 bits per heavy atom. The molecule has 1 rings (SSSR count). The average molecular weight is 168 g/mol. The first-order chi connectivity index (χ1) is 5.58. The molecule has 0 radical (unpaired) electrons. The number of hydrogen-bond acceptors (Lipinski definition) is 5. The number of aliphatic carboxylic acids is 1. The van der Waals surface area contributed by atoms with Crippen LogP contribution in [0.4, 0.5) is 11.8 Å². The van der Waals surface area contributed by atoms with E-state index in [9.17, 15) is 4.79 Å². The van der Waals surface area contributed by atoms with E-state index in [2.05, 4.69) is 9.97 Å². The van der Waals surface area contributed by atoms with Crippen LogP contribution in [-0.2, 0) is 11.2 Å². The predicted molar refractivity (Wildman–Crippen MR) is 42.2 cm³/mol. The number of carboxylic acid groups (broad SMARTS) is 1. The van der Waals surface area contributed by atoms with Gasteiger partial charge in [0.15, 0.2) is 0 Å². The standard InChI is InChI=1S/C6H8N4O2/c7-4-1-3(2-5(11)12)9-6(8)10-4/h1H,2H2,(H,11,12)(H4,7,8,9,10). The van der Waals surface area contributed by atoms with Crippen LogP contribution in [0.25, 0.3) is 0 Å². The third kappa shape index (κ3) is 2.08. The molecule has 0 aliphatic carbocycles. The van der Waals surface area contributed by atoms with Crippen molar-refractivity contribution in [1.29, 1.82) is 0 Å². The van der Waals surface area contributed by atoms with Gasteiger partial charge in [0.25, 0.3) is 0 Å². The molecule has 0 bridgehead atoms. The van der Waals surface area contributed by atoms with Gasteiger partial charge in [-0.1, -0.05) is 0 Å². The van der Waals surface area contributed by atoms with Crippen molar-refractivity contribution < 1.29 is 9.90 Å². The van der Waals surface area contributed by atoms with Crippen molar-refractivity contribution in [2.45, 2.75) is 6.42 Å². The second-order valence-corrected chi connectivity index (χ2v) is 2.21. The molecule has 0 aliphatic heterocycles. The number of carboxylic acids is 1. The van der Waals surface area contributed by atoms with Gasteiger partial charge >= 0.3 is 5.97 Å². The molecule has 0 saturated heterocycles. The summed E-state index contributed by atoms with van der Waals surface area (Å²) in [5.74, 6) is -0.808. The van der Waals surface area contributed by atoms with Crippen LogP contribution in [0.1, 0.15) is 5.69 Å². The second-order valence-electron chi connectivity index (χ2n) is 2.21. The lowest BCUT2D eigenvalue weighted by Crippen LogP contribution is -2.07. The van der Waals surface area contributed by atoms with Crippen LogP contribution in [0.3, 0.4) is 0 Å². The van der Waals surface area contributed by atoms with Crippen LogP contribution in [0.15, 0.2) is 6.07 Å². The minimum atomic E-state index is -0.979. The summed E-state index contributed by atoms with van der Waals surface area (Å²) < 4.78 is 0.